The van der Waals surface area contributed by atoms with Crippen molar-refractivity contribution in [1.29, 1.82) is 0 Å². The van der Waals surface area contributed by atoms with E-state index in [9.17, 15) is 0 Å². The van der Waals surface area contributed by atoms with Gasteiger partial charge in [0.25, 0.3) is 0 Å². The molecule has 20 heavy (non-hydrogen) atoms. The van der Waals surface area contributed by atoms with Crippen molar-refractivity contribution >= 4 is 0 Å². The van der Waals surface area contributed by atoms with E-state index in [1.165, 1.54) is 44.3 Å². The number of hydrogen-bond donors (Lipinski definition) is 1. The summed E-state index contributed by atoms with van der Waals surface area (Å²) < 4.78 is 0. The smallest absolute Gasteiger partial charge is 0.0473 e. The first-order valence-electron chi connectivity index (χ1n) is 8.23. The van der Waals surface area contributed by atoms with Gasteiger partial charge in [0.1, 0.15) is 0 Å². The number of nitrogens with zero attached hydrogens (tertiary/aromatic N) is 1. The Morgan fingerprint density at radius 1 is 1.20 bits per heavy atom. The average Bonchev–Trinajstić information content (AvgIpc) is 2.87. The van der Waals surface area contributed by atoms with Crippen LogP contribution in [0.1, 0.15) is 51.1 Å². The summed E-state index contributed by atoms with van der Waals surface area (Å²) in [5.41, 5.74) is 1.88. The van der Waals surface area contributed by atoms with Gasteiger partial charge in [0, 0.05) is 31.2 Å². The van der Waals surface area contributed by atoms with Crippen LogP contribution in [0.3, 0.4) is 0 Å². The summed E-state index contributed by atoms with van der Waals surface area (Å²) in [6.45, 7) is 8.22. The van der Waals surface area contributed by atoms with Gasteiger partial charge in [-0.15, -0.1) is 0 Å². The fraction of sp³-hybridized carbons (Fsp3) is 0.667. The Morgan fingerprint density at radius 3 is 2.55 bits per heavy atom. The Balaban J connectivity index is 1.79. The van der Waals surface area contributed by atoms with Gasteiger partial charge in [-0.25, -0.2) is 0 Å². The van der Waals surface area contributed by atoms with E-state index in [1.807, 2.05) is 0 Å². The van der Waals surface area contributed by atoms with Gasteiger partial charge in [-0.2, -0.15) is 0 Å². The van der Waals surface area contributed by atoms with Crippen molar-refractivity contribution < 1.29 is 0 Å². The van der Waals surface area contributed by atoms with Crippen molar-refractivity contribution in [3.63, 3.8) is 0 Å². The van der Waals surface area contributed by atoms with Gasteiger partial charge in [0.05, 0.1) is 0 Å². The topological polar surface area (TPSA) is 15.3 Å². The summed E-state index contributed by atoms with van der Waals surface area (Å²) >= 11 is 0. The van der Waals surface area contributed by atoms with Crippen molar-refractivity contribution in [2.45, 2.75) is 51.1 Å². The van der Waals surface area contributed by atoms with Crippen LogP contribution in [0.4, 0.5) is 0 Å². The molecule has 1 unspecified atom stereocenters. The molecule has 110 valence electrons. The molecular formula is C18H28N2. The molecule has 1 aliphatic heterocycles. The van der Waals surface area contributed by atoms with Gasteiger partial charge >= 0.3 is 0 Å². The van der Waals surface area contributed by atoms with Gasteiger partial charge in [0.15, 0.2) is 0 Å². The van der Waals surface area contributed by atoms with Crippen LogP contribution in [-0.4, -0.2) is 30.1 Å². The molecule has 1 saturated carbocycles. The minimum absolute atomic E-state index is 0.417. The van der Waals surface area contributed by atoms with Gasteiger partial charge in [-0.1, -0.05) is 57.0 Å². The zero-order valence-corrected chi connectivity index (χ0v) is 12.9. The van der Waals surface area contributed by atoms with Crippen molar-refractivity contribution in [1.82, 2.24) is 10.2 Å². The van der Waals surface area contributed by atoms with E-state index in [0.717, 1.165) is 12.5 Å². The minimum Gasteiger partial charge on any atom is -0.308 e. The highest BCUT2D eigenvalue weighted by atomic mass is 15.3. The molecule has 1 aromatic rings. The lowest BCUT2D eigenvalue weighted by Crippen LogP contribution is -2.60. The second kappa shape index (κ2) is 5.87. The second-order valence-electron chi connectivity index (χ2n) is 7.12. The normalized spacial score (nSPS) is 26.4. The standard InChI is InChI=1S/C18H28N2/c1-15(2)13-20-14-18(10-6-7-11-18)19-12-17(20)16-8-4-3-5-9-16/h3-5,8-9,15,17,19H,6-7,10-14H2,1-2H3. The number of rotatable bonds is 3. The molecule has 2 fully saturated rings. The molecule has 0 radical (unpaired) electrons. The Hall–Kier alpha value is -0.860. The fourth-order valence-corrected chi connectivity index (χ4v) is 4.05. The molecule has 1 saturated heterocycles. The molecule has 1 N–H and O–H groups in total. The SMILES string of the molecule is CC(C)CN1CC2(CCCC2)NCC1c1ccccc1. The van der Waals surface area contributed by atoms with E-state index < -0.39 is 0 Å². The molecule has 2 heteroatoms. The lowest BCUT2D eigenvalue weighted by molar-refractivity contribution is 0.0699. The van der Waals surface area contributed by atoms with E-state index in [4.69, 9.17) is 0 Å². The number of hydrogen-bond acceptors (Lipinski definition) is 2. The molecule has 1 aliphatic carbocycles. The molecule has 1 aromatic carbocycles. The molecule has 0 bridgehead atoms. The van der Waals surface area contributed by atoms with Crippen molar-refractivity contribution in [3.05, 3.63) is 35.9 Å². The molecule has 0 amide bonds. The monoisotopic (exact) mass is 272 g/mol. The second-order valence-corrected chi connectivity index (χ2v) is 7.12. The molecule has 1 spiro atoms. The summed E-state index contributed by atoms with van der Waals surface area (Å²) in [4.78, 5) is 2.74. The van der Waals surface area contributed by atoms with E-state index in [0.29, 0.717) is 11.6 Å². The largest absolute Gasteiger partial charge is 0.308 e. The van der Waals surface area contributed by atoms with Gasteiger partial charge in [-0.3, -0.25) is 4.90 Å². The quantitative estimate of drug-likeness (QED) is 0.904. The predicted molar refractivity (Wildman–Crippen MR) is 84.8 cm³/mol. The maximum Gasteiger partial charge on any atom is 0.0473 e. The zero-order chi connectivity index (χ0) is 14.0. The van der Waals surface area contributed by atoms with Crippen LogP contribution in [0.15, 0.2) is 30.3 Å². The van der Waals surface area contributed by atoms with Crippen molar-refractivity contribution in [3.8, 4) is 0 Å². The third-order valence-electron chi connectivity index (χ3n) is 4.96. The summed E-state index contributed by atoms with van der Waals surface area (Å²) in [6.07, 6.45) is 5.53. The first-order valence-corrected chi connectivity index (χ1v) is 8.23. The van der Waals surface area contributed by atoms with Crippen molar-refractivity contribution in [2.75, 3.05) is 19.6 Å². The Labute approximate surface area is 123 Å². The predicted octanol–water partition coefficient (Wildman–Crippen LogP) is 3.60. The van der Waals surface area contributed by atoms with Gasteiger partial charge in [0.2, 0.25) is 0 Å². The highest BCUT2D eigenvalue weighted by Crippen LogP contribution is 2.36. The lowest BCUT2D eigenvalue weighted by atomic mass is 9.89. The van der Waals surface area contributed by atoms with E-state index in [-0.39, 0.29) is 0 Å². The summed E-state index contributed by atoms with van der Waals surface area (Å²) in [6, 6.07) is 11.6. The maximum absolute atomic E-state index is 3.90. The van der Waals surface area contributed by atoms with Crippen LogP contribution in [0.2, 0.25) is 0 Å². The highest BCUT2D eigenvalue weighted by molar-refractivity contribution is 5.21. The third kappa shape index (κ3) is 2.91. The first kappa shape index (κ1) is 14.1. The molecule has 0 aromatic heterocycles. The van der Waals surface area contributed by atoms with E-state index in [2.05, 4.69) is 54.4 Å². The molecule has 1 atom stereocenters. The van der Waals surface area contributed by atoms with Crippen LogP contribution in [0, 0.1) is 5.92 Å². The zero-order valence-electron chi connectivity index (χ0n) is 12.9. The maximum atomic E-state index is 3.90. The lowest BCUT2D eigenvalue weighted by Gasteiger charge is -2.47. The average molecular weight is 272 g/mol. The Bertz CT molecular complexity index is 420. The van der Waals surface area contributed by atoms with Crippen LogP contribution in [0.25, 0.3) is 0 Å². The van der Waals surface area contributed by atoms with Crippen LogP contribution >= 0.6 is 0 Å². The van der Waals surface area contributed by atoms with E-state index in [1.54, 1.807) is 0 Å². The number of benzene rings is 1. The minimum atomic E-state index is 0.417. The fourth-order valence-electron chi connectivity index (χ4n) is 4.05. The third-order valence-corrected chi connectivity index (χ3v) is 4.96. The number of nitrogens with one attached hydrogen (secondary N) is 1. The molecule has 2 aliphatic rings. The molecular weight excluding hydrogens is 244 g/mol. The Kier molecular flexibility index (Phi) is 4.13. The summed E-state index contributed by atoms with van der Waals surface area (Å²) in [7, 11) is 0. The molecule has 3 rings (SSSR count). The van der Waals surface area contributed by atoms with Gasteiger partial charge in [-0.05, 0) is 24.3 Å². The van der Waals surface area contributed by atoms with E-state index >= 15 is 0 Å². The Morgan fingerprint density at radius 2 is 1.90 bits per heavy atom. The number of piperazine rings is 1. The molecule has 1 heterocycles. The summed E-state index contributed by atoms with van der Waals surface area (Å²) in [5.74, 6) is 0.734. The van der Waals surface area contributed by atoms with Gasteiger partial charge < -0.3 is 5.32 Å². The van der Waals surface area contributed by atoms with Crippen molar-refractivity contribution in [2.24, 2.45) is 5.92 Å². The van der Waals surface area contributed by atoms with Crippen LogP contribution < -0.4 is 5.32 Å². The molecule has 2 nitrogen and oxygen atoms in total. The summed E-state index contributed by atoms with van der Waals surface area (Å²) in [5, 5.41) is 3.90. The van der Waals surface area contributed by atoms with Crippen LogP contribution in [0.5, 0.6) is 0 Å². The first-order chi connectivity index (χ1) is 9.69. The van der Waals surface area contributed by atoms with Crippen LogP contribution in [-0.2, 0) is 0 Å². The highest BCUT2D eigenvalue weighted by Gasteiger charge is 2.41.